The van der Waals surface area contributed by atoms with E-state index < -0.39 is 0 Å². The molecule has 2 nitrogen and oxygen atoms in total. The van der Waals surface area contributed by atoms with Gasteiger partial charge in [-0.1, -0.05) is 11.3 Å². The average Bonchev–Trinajstić information content (AvgIpc) is 1.86. The Bertz CT molecular complexity index is 149. The van der Waals surface area contributed by atoms with Gasteiger partial charge in [-0.05, 0) is 0 Å². The van der Waals surface area contributed by atoms with Gasteiger partial charge >= 0.3 is 0 Å². The molecule has 0 fully saturated rings. The van der Waals surface area contributed by atoms with Gasteiger partial charge < -0.3 is 4.42 Å². The highest BCUT2D eigenvalue weighted by Gasteiger charge is 1.71. The molecule has 0 saturated heterocycles. The molecule has 1 N–H and O–H groups in total. The van der Waals surface area contributed by atoms with Crippen molar-refractivity contribution in [1.29, 1.82) is 5.41 Å². The highest BCUT2D eigenvalue weighted by Crippen LogP contribution is 1.81. The first-order chi connectivity index (χ1) is 2.89. The molecule has 0 aliphatic carbocycles. The monoisotopic (exact) mass is 101 g/mol. The molecule has 1 aromatic heterocycles. The molecule has 0 spiro atoms. The van der Waals surface area contributed by atoms with Gasteiger partial charge in [0.15, 0.2) is 0 Å². The second-order valence-electron chi connectivity index (χ2n) is 0.795. The van der Waals surface area contributed by atoms with Gasteiger partial charge in [0.2, 0.25) is 0 Å². The third-order valence-electron chi connectivity index (χ3n) is 0.406. The van der Waals surface area contributed by atoms with E-state index in [4.69, 9.17) is 5.41 Å². The van der Waals surface area contributed by atoms with E-state index in [2.05, 4.69) is 4.42 Å². The Morgan fingerprint density at radius 2 is 2.67 bits per heavy atom. The van der Waals surface area contributed by atoms with Gasteiger partial charge in [0.05, 0.1) is 0 Å². The molecular formula is C3H3NOS. The molecule has 0 atom stereocenters. The van der Waals surface area contributed by atoms with Gasteiger partial charge in [-0.15, -0.1) is 0 Å². The van der Waals surface area contributed by atoms with Crippen LogP contribution in [0.25, 0.3) is 0 Å². The fourth-order valence-electron chi connectivity index (χ4n) is 0.207. The first-order valence-corrected chi connectivity index (χ1v) is 2.34. The zero-order chi connectivity index (χ0) is 4.41. The second-order valence-corrected chi connectivity index (χ2v) is 1.67. The minimum Gasteiger partial charge on any atom is -0.438 e. The molecule has 0 unspecified atom stereocenters. The summed E-state index contributed by atoms with van der Waals surface area (Å²) in [5.74, 6) is 0. The summed E-state index contributed by atoms with van der Waals surface area (Å²) < 4.78 is 4.52. The van der Waals surface area contributed by atoms with Crippen molar-refractivity contribution in [2.45, 2.75) is 0 Å². The molecule has 6 heavy (non-hydrogen) atoms. The van der Waals surface area contributed by atoms with Gasteiger partial charge in [0, 0.05) is 5.38 Å². The average molecular weight is 101 g/mol. The Morgan fingerprint density at radius 3 is 2.83 bits per heavy atom. The summed E-state index contributed by atoms with van der Waals surface area (Å²) in [6.07, 6.45) is 1.49. The summed E-state index contributed by atoms with van der Waals surface area (Å²) in [6, 6.07) is 0. The minimum absolute atomic E-state index is 0.259. The predicted octanol–water partition coefficient (Wildman–Crippen LogP) is 0.821. The Hall–Kier alpha value is -0.570. The molecule has 0 aliphatic heterocycles. The normalized spacial score (nSPS) is 8.67. The number of rotatable bonds is 0. The fourth-order valence-corrected chi connectivity index (χ4v) is 0.553. The maximum absolute atomic E-state index is 6.73. The van der Waals surface area contributed by atoms with Crippen LogP contribution >= 0.6 is 11.3 Å². The number of hydrogen-bond donors (Lipinski definition) is 1. The van der Waals surface area contributed by atoms with E-state index in [1.165, 1.54) is 17.6 Å². The lowest BCUT2D eigenvalue weighted by Gasteiger charge is -1.54. The maximum Gasteiger partial charge on any atom is 0.270 e. The van der Waals surface area contributed by atoms with Crippen molar-refractivity contribution in [3.63, 3.8) is 0 Å². The van der Waals surface area contributed by atoms with Crippen LogP contribution < -0.4 is 4.87 Å². The first-order valence-electron chi connectivity index (χ1n) is 1.46. The lowest BCUT2D eigenvalue weighted by Crippen LogP contribution is -1.79. The SMILES string of the molecule is N=c1occs1. The van der Waals surface area contributed by atoms with Crippen LogP contribution in [0, 0.1) is 5.41 Å². The van der Waals surface area contributed by atoms with Crippen molar-refractivity contribution in [2.24, 2.45) is 0 Å². The van der Waals surface area contributed by atoms with Crippen molar-refractivity contribution >= 4 is 11.3 Å². The van der Waals surface area contributed by atoms with Gasteiger partial charge in [0.1, 0.15) is 6.26 Å². The van der Waals surface area contributed by atoms with Crippen LogP contribution in [0.5, 0.6) is 0 Å². The van der Waals surface area contributed by atoms with Crippen LogP contribution in [-0.2, 0) is 0 Å². The molecule has 3 heteroatoms. The highest BCUT2D eigenvalue weighted by molar-refractivity contribution is 7.06. The van der Waals surface area contributed by atoms with E-state index >= 15 is 0 Å². The minimum atomic E-state index is 0.259. The van der Waals surface area contributed by atoms with Crippen molar-refractivity contribution in [3.8, 4) is 0 Å². The van der Waals surface area contributed by atoms with Gasteiger partial charge in [-0.2, -0.15) is 0 Å². The van der Waals surface area contributed by atoms with Crippen LogP contribution in [0.15, 0.2) is 16.1 Å². The lowest BCUT2D eigenvalue weighted by atomic mass is 11.1. The Kier molecular flexibility index (Phi) is 0.759. The van der Waals surface area contributed by atoms with Crippen LogP contribution in [0.1, 0.15) is 0 Å². The summed E-state index contributed by atoms with van der Waals surface area (Å²) in [4.78, 5) is 0.259. The third kappa shape index (κ3) is 0.490. The molecule has 0 amide bonds. The molecule has 0 radical (unpaired) electrons. The van der Waals surface area contributed by atoms with Gasteiger partial charge in [0.25, 0.3) is 4.87 Å². The van der Waals surface area contributed by atoms with Crippen LogP contribution in [0.3, 0.4) is 0 Å². The quantitative estimate of drug-likeness (QED) is 0.516. The second kappa shape index (κ2) is 1.26. The topological polar surface area (TPSA) is 37.0 Å². The highest BCUT2D eigenvalue weighted by atomic mass is 32.1. The van der Waals surface area contributed by atoms with Crippen LogP contribution in [0.2, 0.25) is 0 Å². The largest absolute Gasteiger partial charge is 0.438 e. The molecule has 1 aromatic rings. The molecule has 0 aromatic carbocycles. The van der Waals surface area contributed by atoms with E-state index in [0.717, 1.165) is 0 Å². The summed E-state index contributed by atoms with van der Waals surface area (Å²) in [5.41, 5.74) is 0. The van der Waals surface area contributed by atoms with Crippen molar-refractivity contribution in [1.82, 2.24) is 0 Å². The van der Waals surface area contributed by atoms with Crippen molar-refractivity contribution < 1.29 is 4.42 Å². The number of nitrogens with one attached hydrogen (secondary N) is 1. The van der Waals surface area contributed by atoms with Crippen molar-refractivity contribution in [2.75, 3.05) is 0 Å². The predicted molar refractivity (Wildman–Crippen MR) is 22.4 cm³/mol. The summed E-state index contributed by atoms with van der Waals surface area (Å²) in [6.45, 7) is 0. The molecule has 0 saturated carbocycles. The standard InChI is InChI=1S/C3H3NOS/c4-3-5-1-2-6-3/h1-2,4H. The van der Waals surface area contributed by atoms with E-state index in [1.54, 1.807) is 5.38 Å². The Morgan fingerprint density at radius 1 is 1.83 bits per heavy atom. The lowest BCUT2D eigenvalue weighted by molar-refractivity contribution is 0.515. The molecule has 1 heterocycles. The third-order valence-corrected chi connectivity index (χ3v) is 0.963. The van der Waals surface area contributed by atoms with E-state index in [1.807, 2.05) is 0 Å². The Balaban J connectivity index is 3.41. The van der Waals surface area contributed by atoms with E-state index in [-0.39, 0.29) is 4.87 Å². The summed E-state index contributed by atoms with van der Waals surface area (Å²) in [5, 5.41) is 8.45. The molecule has 1 rings (SSSR count). The molecular weight excluding hydrogens is 98.1 g/mol. The zero-order valence-electron chi connectivity index (χ0n) is 2.97. The summed E-state index contributed by atoms with van der Waals surface area (Å²) >= 11 is 1.28. The maximum atomic E-state index is 6.73. The molecule has 32 valence electrons. The van der Waals surface area contributed by atoms with E-state index in [9.17, 15) is 0 Å². The van der Waals surface area contributed by atoms with Gasteiger partial charge in [-0.3, -0.25) is 5.41 Å². The number of hydrogen-bond acceptors (Lipinski definition) is 3. The van der Waals surface area contributed by atoms with Gasteiger partial charge in [-0.25, -0.2) is 0 Å². The zero-order valence-corrected chi connectivity index (χ0v) is 3.79. The molecule has 0 aliphatic rings. The van der Waals surface area contributed by atoms with Crippen LogP contribution in [0.4, 0.5) is 0 Å². The smallest absolute Gasteiger partial charge is 0.270 e. The first kappa shape index (κ1) is 3.61. The molecule has 0 bridgehead atoms. The van der Waals surface area contributed by atoms with Crippen LogP contribution in [-0.4, -0.2) is 0 Å². The Labute approximate surface area is 38.6 Å². The van der Waals surface area contributed by atoms with Crippen molar-refractivity contribution in [3.05, 3.63) is 16.5 Å². The van der Waals surface area contributed by atoms with E-state index in [0.29, 0.717) is 0 Å². The summed E-state index contributed by atoms with van der Waals surface area (Å²) in [7, 11) is 0. The fraction of sp³-hybridized carbons (Fsp3) is 0.